The van der Waals surface area contributed by atoms with Crippen LogP contribution < -0.4 is 10.1 Å². The summed E-state index contributed by atoms with van der Waals surface area (Å²) in [6, 6.07) is 23.9. The fourth-order valence-electron chi connectivity index (χ4n) is 5.82. The lowest BCUT2D eigenvalue weighted by atomic mass is 9.82. The van der Waals surface area contributed by atoms with Gasteiger partial charge in [-0.3, -0.25) is 9.59 Å². The molecular formula is C34H37Cl2N3O3. The van der Waals surface area contributed by atoms with Crippen LogP contribution in [0.1, 0.15) is 36.5 Å². The third-order valence-corrected chi connectivity index (χ3v) is 8.46. The summed E-state index contributed by atoms with van der Waals surface area (Å²) < 4.78 is 5.83. The Labute approximate surface area is 258 Å². The number of nitrogens with zero attached hydrogens (tertiary/aromatic N) is 2. The Morgan fingerprint density at radius 1 is 0.952 bits per heavy atom. The molecule has 0 radical (unpaired) electrons. The van der Waals surface area contributed by atoms with Crippen LogP contribution in [-0.4, -0.2) is 67.0 Å². The monoisotopic (exact) mass is 605 g/mol. The van der Waals surface area contributed by atoms with Gasteiger partial charge in [-0.25, -0.2) is 0 Å². The minimum atomic E-state index is -0.195. The zero-order valence-corrected chi connectivity index (χ0v) is 25.6. The Morgan fingerprint density at radius 3 is 2.33 bits per heavy atom. The molecule has 0 unspecified atom stereocenters. The highest BCUT2D eigenvalue weighted by molar-refractivity contribution is 6.34. The summed E-state index contributed by atoms with van der Waals surface area (Å²) in [5, 5.41) is 4.74. The van der Waals surface area contributed by atoms with Crippen LogP contribution in [0.5, 0.6) is 5.75 Å². The Balaban J connectivity index is 1.30. The third kappa shape index (κ3) is 7.54. The van der Waals surface area contributed by atoms with Gasteiger partial charge in [-0.1, -0.05) is 77.8 Å². The summed E-state index contributed by atoms with van der Waals surface area (Å²) in [5.41, 5.74) is 5.32. The molecule has 2 heterocycles. The number of ether oxygens (including phenoxy) is 1. The first-order chi connectivity index (χ1) is 20.3. The molecule has 5 rings (SSSR count). The van der Waals surface area contributed by atoms with Crippen molar-refractivity contribution in [3.8, 4) is 5.75 Å². The molecule has 0 saturated carbocycles. The third-order valence-electron chi connectivity index (χ3n) is 8.02. The number of likely N-dealkylation sites (N-methyl/N-ethyl adjacent to an activating group) is 1. The fourth-order valence-corrected chi connectivity index (χ4v) is 6.33. The molecule has 1 N–H and O–H groups in total. The summed E-state index contributed by atoms with van der Waals surface area (Å²) >= 11 is 12.1. The molecule has 6 nitrogen and oxygen atoms in total. The minimum Gasteiger partial charge on any atom is -0.493 e. The van der Waals surface area contributed by atoms with E-state index in [0.29, 0.717) is 48.5 Å². The van der Waals surface area contributed by atoms with Crippen molar-refractivity contribution in [1.82, 2.24) is 15.1 Å². The summed E-state index contributed by atoms with van der Waals surface area (Å²) in [6.45, 7) is 3.93. The number of fused-ring (bicyclic) bond motifs is 2. The summed E-state index contributed by atoms with van der Waals surface area (Å²) in [6.07, 6.45) is 3.19. The number of hydrogen-bond donors (Lipinski definition) is 1. The van der Waals surface area contributed by atoms with Crippen molar-refractivity contribution in [3.05, 3.63) is 105 Å². The molecule has 3 aromatic carbocycles. The molecule has 2 bridgehead atoms. The summed E-state index contributed by atoms with van der Waals surface area (Å²) in [5.74, 6) is 0.733. The lowest BCUT2D eigenvalue weighted by molar-refractivity contribution is -0.132. The van der Waals surface area contributed by atoms with E-state index in [1.807, 2.05) is 35.0 Å². The number of amides is 2. The molecule has 8 heteroatoms. The topological polar surface area (TPSA) is 61.9 Å². The predicted molar refractivity (Wildman–Crippen MR) is 169 cm³/mol. The SMILES string of the molecule is CC(=O)N1C[C@H]2CC(c3ccc(CCCOc4cc(Cl)cc(Cl)c4)cc3)=C(C(=O)N(C)CCc3ccccc3)[C@@H](C1)N2. The minimum absolute atomic E-state index is 0.0182. The number of aryl methyl sites for hydroxylation is 1. The molecule has 2 aliphatic rings. The van der Waals surface area contributed by atoms with E-state index in [0.717, 1.165) is 36.0 Å². The smallest absolute Gasteiger partial charge is 0.251 e. The molecular weight excluding hydrogens is 569 g/mol. The molecule has 220 valence electrons. The number of hydrogen-bond acceptors (Lipinski definition) is 4. The van der Waals surface area contributed by atoms with Crippen LogP contribution >= 0.6 is 23.2 Å². The van der Waals surface area contributed by atoms with E-state index in [2.05, 4.69) is 41.7 Å². The zero-order valence-electron chi connectivity index (χ0n) is 24.1. The van der Waals surface area contributed by atoms with Gasteiger partial charge in [0.2, 0.25) is 5.91 Å². The molecule has 0 spiro atoms. The van der Waals surface area contributed by atoms with Crippen LogP contribution in [0, 0.1) is 0 Å². The van der Waals surface area contributed by atoms with Crippen LogP contribution in [0.15, 0.2) is 78.4 Å². The number of rotatable bonds is 10. The maximum atomic E-state index is 14.0. The van der Waals surface area contributed by atoms with Crippen molar-refractivity contribution in [2.45, 2.75) is 44.7 Å². The van der Waals surface area contributed by atoms with Gasteiger partial charge in [0.05, 0.1) is 12.6 Å². The highest BCUT2D eigenvalue weighted by atomic mass is 35.5. The van der Waals surface area contributed by atoms with Gasteiger partial charge >= 0.3 is 0 Å². The average molecular weight is 607 g/mol. The van der Waals surface area contributed by atoms with Crippen molar-refractivity contribution in [2.24, 2.45) is 0 Å². The fraction of sp³-hybridized carbons (Fsp3) is 0.353. The predicted octanol–water partition coefficient (Wildman–Crippen LogP) is 6.05. The Hall–Kier alpha value is -3.32. The lowest BCUT2D eigenvalue weighted by Gasteiger charge is -2.44. The van der Waals surface area contributed by atoms with Gasteiger partial charge in [-0.15, -0.1) is 0 Å². The Morgan fingerprint density at radius 2 is 1.64 bits per heavy atom. The van der Waals surface area contributed by atoms with Crippen LogP contribution in [0.2, 0.25) is 10.0 Å². The largest absolute Gasteiger partial charge is 0.493 e. The van der Waals surface area contributed by atoms with E-state index in [1.165, 1.54) is 11.1 Å². The summed E-state index contributed by atoms with van der Waals surface area (Å²) in [4.78, 5) is 29.9. The lowest BCUT2D eigenvalue weighted by Crippen LogP contribution is -2.61. The van der Waals surface area contributed by atoms with Gasteiger partial charge in [-0.2, -0.15) is 0 Å². The van der Waals surface area contributed by atoms with E-state index in [4.69, 9.17) is 27.9 Å². The highest BCUT2D eigenvalue weighted by Crippen LogP contribution is 2.34. The Kier molecular flexibility index (Phi) is 9.88. The second-order valence-electron chi connectivity index (χ2n) is 11.2. The van der Waals surface area contributed by atoms with Crippen molar-refractivity contribution in [3.63, 3.8) is 0 Å². The first-order valence-corrected chi connectivity index (χ1v) is 15.2. The van der Waals surface area contributed by atoms with Crippen molar-refractivity contribution < 1.29 is 14.3 Å². The number of carbonyl (C=O) groups excluding carboxylic acids is 2. The van der Waals surface area contributed by atoms with E-state index < -0.39 is 0 Å². The van der Waals surface area contributed by atoms with Crippen LogP contribution in [0.4, 0.5) is 0 Å². The molecule has 2 aliphatic heterocycles. The highest BCUT2D eigenvalue weighted by Gasteiger charge is 2.39. The van der Waals surface area contributed by atoms with Crippen molar-refractivity contribution in [1.29, 1.82) is 0 Å². The van der Waals surface area contributed by atoms with E-state index in [9.17, 15) is 9.59 Å². The first-order valence-electron chi connectivity index (χ1n) is 14.5. The quantitative estimate of drug-likeness (QED) is 0.286. The molecule has 0 aromatic heterocycles. The van der Waals surface area contributed by atoms with E-state index in [-0.39, 0.29) is 23.9 Å². The van der Waals surface area contributed by atoms with Gasteiger partial charge < -0.3 is 19.9 Å². The van der Waals surface area contributed by atoms with Crippen LogP contribution in [0.25, 0.3) is 5.57 Å². The number of carbonyl (C=O) groups is 2. The number of piperazine rings is 1. The number of nitrogens with one attached hydrogen (secondary N) is 1. The van der Waals surface area contributed by atoms with E-state index >= 15 is 0 Å². The van der Waals surface area contributed by atoms with E-state index in [1.54, 1.807) is 25.1 Å². The van der Waals surface area contributed by atoms with Crippen molar-refractivity contribution >= 4 is 40.6 Å². The maximum absolute atomic E-state index is 14.0. The van der Waals surface area contributed by atoms with Gasteiger partial charge in [-0.05, 0) is 66.1 Å². The molecule has 3 aromatic rings. The molecule has 1 fully saturated rings. The van der Waals surface area contributed by atoms with Gasteiger partial charge in [0.1, 0.15) is 5.75 Å². The molecule has 2 amide bonds. The molecule has 42 heavy (non-hydrogen) atoms. The zero-order chi connectivity index (χ0) is 29.6. The molecule has 1 saturated heterocycles. The van der Waals surface area contributed by atoms with Gasteiger partial charge in [0, 0.05) is 55.3 Å². The second-order valence-corrected chi connectivity index (χ2v) is 12.0. The summed E-state index contributed by atoms with van der Waals surface area (Å²) in [7, 11) is 1.87. The number of benzene rings is 3. The molecule has 0 aliphatic carbocycles. The van der Waals surface area contributed by atoms with Crippen LogP contribution in [0.3, 0.4) is 0 Å². The Bertz CT molecular complexity index is 1420. The second kappa shape index (κ2) is 13.8. The van der Waals surface area contributed by atoms with Gasteiger partial charge in [0.25, 0.3) is 5.91 Å². The van der Waals surface area contributed by atoms with Crippen LogP contribution in [-0.2, 0) is 22.4 Å². The average Bonchev–Trinajstić information content (AvgIpc) is 2.97. The standard InChI is InChI=1S/C34H37Cl2N3O3/c1-23(40)39-21-29-20-31(33(32(22-39)37-29)34(41)38(2)15-14-24-7-4-3-5-8-24)26-12-10-25(11-13-26)9-6-16-42-30-18-27(35)17-28(36)19-30/h3-5,7-8,10-13,17-19,29,32,37H,6,9,14-16,20-22H2,1-2H3/t29-,32-/m1/s1. The first kappa shape index (κ1) is 30.1. The maximum Gasteiger partial charge on any atom is 0.251 e. The molecule has 2 atom stereocenters. The normalized spacial score (nSPS) is 18.1. The van der Waals surface area contributed by atoms with Gasteiger partial charge in [0.15, 0.2) is 0 Å². The van der Waals surface area contributed by atoms with Crippen molar-refractivity contribution in [2.75, 3.05) is 33.3 Å². The number of halogens is 2.